The minimum atomic E-state index is -0.162. The zero-order valence-corrected chi connectivity index (χ0v) is 16.7. The van der Waals surface area contributed by atoms with Crippen molar-refractivity contribution in [3.8, 4) is 0 Å². The van der Waals surface area contributed by atoms with E-state index in [1.54, 1.807) is 6.20 Å². The van der Waals surface area contributed by atoms with Gasteiger partial charge in [-0.05, 0) is 51.9 Å². The number of carbonyl (C=O) groups excluding carboxylic acids is 1. The Labute approximate surface area is 165 Å². The van der Waals surface area contributed by atoms with Crippen LogP contribution in [-0.2, 0) is 13.5 Å². The lowest BCUT2D eigenvalue weighted by Gasteiger charge is -2.25. The highest BCUT2D eigenvalue weighted by Crippen LogP contribution is 2.32. The van der Waals surface area contributed by atoms with Crippen LogP contribution in [0.4, 0.5) is 0 Å². The number of rotatable bonds is 3. The molecular formula is C18H28ClN7O. The van der Waals surface area contributed by atoms with E-state index in [-0.39, 0.29) is 24.4 Å². The number of carbonyl (C=O) groups is 1. The number of nitrogens with two attached hydrogens (primary N) is 1. The summed E-state index contributed by atoms with van der Waals surface area (Å²) in [4.78, 5) is 12.7. The van der Waals surface area contributed by atoms with E-state index in [1.165, 1.54) is 11.3 Å². The largest absolute Gasteiger partial charge is 0.344 e. The molecule has 2 heterocycles. The maximum Gasteiger partial charge on any atom is 0.273 e. The second-order valence-corrected chi connectivity index (χ2v) is 7.64. The van der Waals surface area contributed by atoms with Crippen LogP contribution in [0.2, 0.25) is 0 Å². The molecule has 2 aliphatic carbocycles. The third kappa shape index (κ3) is 3.87. The number of nitrogens with one attached hydrogen (secondary N) is 1. The first kappa shape index (κ1) is 19.8. The number of aryl methyl sites for hydroxylation is 2. The van der Waals surface area contributed by atoms with Gasteiger partial charge in [-0.1, -0.05) is 5.21 Å². The van der Waals surface area contributed by atoms with Crippen molar-refractivity contribution in [2.45, 2.75) is 70.0 Å². The van der Waals surface area contributed by atoms with Crippen molar-refractivity contribution in [1.29, 1.82) is 0 Å². The van der Waals surface area contributed by atoms with Crippen LogP contribution in [-0.4, -0.2) is 36.7 Å². The van der Waals surface area contributed by atoms with Crippen molar-refractivity contribution in [3.05, 3.63) is 28.8 Å². The molecule has 1 atom stereocenters. The van der Waals surface area contributed by atoms with E-state index in [9.17, 15) is 4.79 Å². The van der Waals surface area contributed by atoms with Crippen LogP contribution in [0.15, 0.2) is 6.20 Å². The molecule has 0 bridgehead atoms. The molecule has 148 valence electrons. The molecule has 0 spiro atoms. The predicted octanol–water partition coefficient (Wildman–Crippen LogP) is 1.99. The molecule has 0 aliphatic heterocycles. The summed E-state index contributed by atoms with van der Waals surface area (Å²) in [6.07, 6.45) is 8.74. The topological polar surface area (TPSA) is 104 Å². The van der Waals surface area contributed by atoms with Crippen LogP contribution >= 0.6 is 12.4 Å². The molecule has 1 fully saturated rings. The van der Waals surface area contributed by atoms with Crippen molar-refractivity contribution in [2.24, 2.45) is 12.8 Å². The number of aromatic nitrogens is 5. The van der Waals surface area contributed by atoms with Crippen LogP contribution in [0.1, 0.15) is 78.0 Å². The summed E-state index contributed by atoms with van der Waals surface area (Å²) in [6, 6.07) is 0.587. The minimum Gasteiger partial charge on any atom is -0.344 e. The molecule has 2 aromatic heterocycles. The molecule has 9 heteroatoms. The molecule has 2 aromatic rings. The Kier molecular flexibility index (Phi) is 5.86. The van der Waals surface area contributed by atoms with Gasteiger partial charge in [0.2, 0.25) is 0 Å². The number of nitrogens with zero attached hydrogens (tertiary/aromatic N) is 5. The summed E-state index contributed by atoms with van der Waals surface area (Å²) < 4.78 is 3.77. The third-order valence-electron chi connectivity index (χ3n) is 5.81. The van der Waals surface area contributed by atoms with Gasteiger partial charge < -0.3 is 11.1 Å². The van der Waals surface area contributed by atoms with Gasteiger partial charge in [-0.2, -0.15) is 5.10 Å². The van der Waals surface area contributed by atoms with Crippen LogP contribution in [0.3, 0.4) is 0 Å². The third-order valence-corrected chi connectivity index (χ3v) is 5.81. The van der Waals surface area contributed by atoms with Gasteiger partial charge in [-0.25, -0.2) is 4.68 Å². The Morgan fingerprint density at radius 1 is 1.26 bits per heavy atom. The first-order chi connectivity index (χ1) is 12.5. The van der Waals surface area contributed by atoms with E-state index >= 15 is 0 Å². The van der Waals surface area contributed by atoms with Crippen molar-refractivity contribution < 1.29 is 4.79 Å². The summed E-state index contributed by atoms with van der Waals surface area (Å²) >= 11 is 0. The molecule has 1 saturated carbocycles. The van der Waals surface area contributed by atoms with E-state index in [0.29, 0.717) is 17.8 Å². The first-order valence-corrected chi connectivity index (χ1v) is 9.53. The maximum atomic E-state index is 12.7. The fraction of sp³-hybridized carbons (Fsp3) is 0.667. The predicted molar refractivity (Wildman–Crippen MR) is 104 cm³/mol. The summed E-state index contributed by atoms with van der Waals surface area (Å²) in [5, 5.41) is 16.0. The molecular weight excluding hydrogens is 366 g/mol. The molecule has 0 aromatic carbocycles. The van der Waals surface area contributed by atoms with E-state index < -0.39 is 0 Å². The Morgan fingerprint density at radius 3 is 2.74 bits per heavy atom. The number of hydrogen-bond donors (Lipinski definition) is 2. The smallest absolute Gasteiger partial charge is 0.273 e. The zero-order chi connectivity index (χ0) is 18.3. The molecule has 3 N–H and O–H groups in total. The molecule has 2 aliphatic rings. The van der Waals surface area contributed by atoms with Gasteiger partial charge in [-0.15, -0.1) is 17.5 Å². The van der Waals surface area contributed by atoms with E-state index in [4.69, 9.17) is 5.73 Å². The van der Waals surface area contributed by atoms with Gasteiger partial charge in [-0.3, -0.25) is 9.48 Å². The highest BCUT2D eigenvalue weighted by molar-refractivity contribution is 5.92. The lowest BCUT2D eigenvalue weighted by molar-refractivity contribution is 0.0927. The number of fused-ring (bicyclic) bond motifs is 1. The van der Waals surface area contributed by atoms with Crippen molar-refractivity contribution >= 4 is 18.3 Å². The molecule has 27 heavy (non-hydrogen) atoms. The number of amides is 1. The number of hydrogen-bond acceptors (Lipinski definition) is 5. The van der Waals surface area contributed by atoms with Crippen molar-refractivity contribution in [2.75, 3.05) is 0 Å². The van der Waals surface area contributed by atoms with Gasteiger partial charge in [0.25, 0.3) is 5.91 Å². The fourth-order valence-corrected chi connectivity index (χ4v) is 4.39. The van der Waals surface area contributed by atoms with Crippen LogP contribution < -0.4 is 11.1 Å². The second kappa shape index (κ2) is 7.98. The molecule has 0 radical (unpaired) electrons. The Bertz CT molecular complexity index is 807. The molecule has 4 rings (SSSR count). The summed E-state index contributed by atoms with van der Waals surface area (Å²) in [5.74, 6) is -0.162. The highest BCUT2D eigenvalue weighted by atomic mass is 35.5. The maximum absolute atomic E-state index is 12.7. The SMILES string of the molecule is Cc1nn(C)c2c1C(NC(=O)c1cn(C3CCC(N)CC3)nn1)CCC2.Cl. The Balaban J connectivity index is 0.00000210. The lowest BCUT2D eigenvalue weighted by atomic mass is 9.91. The Morgan fingerprint density at radius 2 is 2.00 bits per heavy atom. The lowest BCUT2D eigenvalue weighted by Crippen LogP contribution is -2.31. The average Bonchev–Trinajstić information content (AvgIpc) is 3.22. The normalized spacial score (nSPS) is 24.8. The molecule has 1 amide bonds. The molecule has 0 saturated heterocycles. The average molecular weight is 394 g/mol. The second-order valence-electron chi connectivity index (χ2n) is 7.64. The standard InChI is InChI=1S/C18H27N7O.ClH/c1-11-17-14(4-3-5-16(17)24(2)22-11)20-18(26)15-10-25(23-21-15)13-8-6-12(19)7-9-13;/h10,12-14H,3-9,19H2,1-2H3,(H,20,26);1H. The first-order valence-electron chi connectivity index (χ1n) is 9.53. The van der Waals surface area contributed by atoms with E-state index in [0.717, 1.165) is 50.6 Å². The zero-order valence-electron chi connectivity index (χ0n) is 15.9. The van der Waals surface area contributed by atoms with Gasteiger partial charge in [0.05, 0.1) is 24.0 Å². The number of halogens is 1. The van der Waals surface area contributed by atoms with Gasteiger partial charge >= 0.3 is 0 Å². The van der Waals surface area contributed by atoms with E-state index in [2.05, 4.69) is 20.7 Å². The highest BCUT2D eigenvalue weighted by Gasteiger charge is 2.29. The van der Waals surface area contributed by atoms with Crippen molar-refractivity contribution in [3.63, 3.8) is 0 Å². The van der Waals surface area contributed by atoms with Gasteiger partial charge in [0.15, 0.2) is 5.69 Å². The molecule has 1 unspecified atom stereocenters. The van der Waals surface area contributed by atoms with Gasteiger partial charge in [0, 0.05) is 24.3 Å². The van der Waals surface area contributed by atoms with Gasteiger partial charge in [0.1, 0.15) is 0 Å². The van der Waals surface area contributed by atoms with Crippen LogP contribution in [0.25, 0.3) is 0 Å². The van der Waals surface area contributed by atoms with Crippen LogP contribution in [0, 0.1) is 6.92 Å². The summed E-state index contributed by atoms with van der Waals surface area (Å²) in [5.41, 5.74) is 9.74. The van der Waals surface area contributed by atoms with Crippen molar-refractivity contribution in [1.82, 2.24) is 30.1 Å². The quantitative estimate of drug-likeness (QED) is 0.829. The van der Waals surface area contributed by atoms with Crippen LogP contribution in [0.5, 0.6) is 0 Å². The monoisotopic (exact) mass is 393 g/mol. The van der Waals surface area contributed by atoms with E-state index in [1.807, 2.05) is 23.3 Å². The minimum absolute atomic E-state index is 0. The Hall–Kier alpha value is -1.93. The summed E-state index contributed by atoms with van der Waals surface area (Å²) in [6.45, 7) is 2.01. The molecule has 8 nitrogen and oxygen atoms in total. The summed E-state index contributed by atoms with van der Waals surface area (Å²) in [7, 11) is 1.97. The fourth-order valence-electron chi connectivity index (χ4n) is 4.39.